The fraction of sp³-hybridized carbons (Fsp3) is 0.273. The molecule has 1 aromatic rings. The first-order chi connectivity index (χ1) is 7.63. The van der Waals surface area contributed by atoms with E-state index in [1.54, 1.807) is 6.92 Å². The number of nitrogens with two attached hydrogens (primary N) is 1. The van der Waals surface area contributed by atoms with Gasteiger partial charge in [0.1, 0.15) is 4.99 Å². The van der Waals surface area contributed by atoms with Crippen molar-refractivity contribution >= 4 is 23.3 Å². The standard InChI is InChI=1S/C11H14N2O2S/c1-2-15-11(14)13-7-8-4-3-5-9(6-8)10(12)16/h3-6H,2,7H2,1H3,(H2,12,16)(H,13,14). The Bertz CT molecular complexity index is 393. The SMILES string of the molecule is CCOC(=O)NCc1cccc(C(N)=S)c1. The maximum Gasteiger partial charge on any atom is 0.407 e. The van der Waals surface area contributed by atoms with Crippen molar-refractivity contribution in [3.63, 3.8) is 0 Å². The first-order valence-corrected chi connectivity index (χ1v) is 5.33. The Kier molecular flexibility index (Phi) is 4.72. The molecule has 1 amide bonds. The van der Waals surface area contributed by atoms with Gasteiger partial charge in [-0.3, -0.25) is 0 Å². The van der Waals surface area contributed by atoms with Crippen LogP contribution in [-0.2, 0) is 11.3 Å². The van der Waals surface area contributed by atoms with Crippen molar-refractivity contribution in [1.82, 2.24) is 5.32 Å². The third-order valence-corrected chi connectivity index (χ3v) is 2.16. The Hall–Kier alpha value is -1.62. The van der Waals surface area contributed by atoms with Gasteiger partial charge in [-0.05, 0) is 18.6 Å². The summed E-state index contributed by atoms with van der Waals surface area (Å²) in [5.74, 6) is 0. The molecule has 0 fully saturated rings. The molecule has 0 aliphatic carbocycles. The Morgan fingerprint density at radius 2 is 2.31 bits per heavy atom. The number of ether oxygens (including phenoxy) is 1. The number of hydrogen-bond donors (Lipinski definition) is 2. The maximum absolute atomic E-state index is 11.1. The van der Waals surface area contributed by atoms with Gasteiger partial charge in [0.25, 0.3) is 0 Å². The molecule has 0 unspecified atom stereocenters. The average molecular weight is 238 g/mol. The van der Waals surface area contributed by atoms with E-state index in [1.165, 1.54) is 0 Å². The van der Waals surface area contributed by atoms with E-state index in [0.29, 0.717) is 18.1 Å². The fourth-order valence-corrected chi connectivity index (χ4v) is 1.32. The third-order valence-electron chi connectivity index (χ3n) is 1.92. The second-order valence-electron chi connectivity index (χ2n) is 3.14. The predicted octanol–water partition coefficient (Wildman–Crippen LogP) is 1.57. The Balaban J connectivity index is 2.57. The fourth-order valence-electron chi connectivity index (χ4n) is 1.19. The largest absolute Gasteiger partial charge is 0.450 e. The number of amides is 1. The lowest BCUT2D eigenvalue weighted by Gasteiger charge is -2.06. The van der Waals surface area contributed by atoms with Crippen LogP contribution in [0.1, 0.15) is 18.1 Å². The smallest absolute Gasteiger partial charge is 0.407 e. The molecular formula is C11H14N2O2S. The minimum absolute atomic E-state index is 0.345. The van der Waals surface area contributed by atoms with Crippen molar-refractivity contribution in [2.75, 3.05) is 6.61 Å². The molecule has 4 nitrogen and oxygen atoms in total. The van der Waals surface area contributed by atoms with Gasteiger partial charge >= 0.3 is 6.09 Å². The zero-order valence-electron chi connectivity index (χ0n) is 9.03. The number of carbonyl (C=O) groups is 1. The van der Waals surface area contributed by atoms with Crippen LogP contribution in [0.4, 0.5) is 4.79 Å². The van der Waals surface area contributed by atoms with Crippen LogP contribution >= 0.6 is 12.2 Å². The van der Waals surface area contributed by atoms with Crippen LogP contribution in [0.2, 0.25) is 0 Å². The summed E-state index contributed by atoms with van der Waals surface area (Å²) >= 11 is 4.86. The molecule has 1 aromatic carbocycles. The first kappa shape index (κ1) is 12.4. The Morgan fingerprint density at radius 3 is 2.94 bits per heavy atom. The highest BCUT2D eigenvalue weighted by molar-refractivity contribution is 7.80. The van der Waals surface area contributed by atoms with Crippen molar-refractivity contribution in [2.24, 2.45) is 5.73 Å². The molecule has 0 aliphatic heterocycles. The lowest BCUT2D eigenvalue weighted by Crippen LogP contribution is -2.23. The second-order valence-corrected chi connectivity index (χ2v) is 3.58. The van der Waals surface area contributed by atoms with E-state index in [1.807, 2.05) is 24.3 Å². The number of rotatable bonds is 4. The molecule has 1 rings (SSSR count). The van der Waals surface area contributed by atoms with Gasteiger partial charge < -0.3 is 15.8 Å². The lowest BCUT2D eigenvalue weighted by atomic mass is 10.1. The van der Waals surface area contributed by atoms with Crippen LogP contribution in [0.15, 0.2) is 24.3 Å². The molecule has 0 heterocycles. The van der Waals surface area contributed by atoms with Gasteiger partial charge in [-0.25, -0.2) is 4.79 Å². The normalized spacial score (nSPS) is 9.56. The average Bonchev–Trinajstić information content (AvgIpc) is 2.27. The van der Waals surface area contributed by atoms with Crippen molar-refractivity contribution in [2.45, 2.75) is 13.5 Å². The Morgan fingerprint density at radius 1 is 1.56 bits per heavy atom. The van der Waals surface area contributed by atoms with Crippen LogP contribution in [0.5, 0.6) is 0 Å². The van der Waals surface area contributed by atoms with Crippen LogP contribution in [0.3, 0.4) is 0 Å². The van der Waals surface area contributed by atoms with E-state index in [9.17, 15) is 4.79 Å². The summed E-state index contributed by atoms with van der Waals surface area (Å²) < 4.78 is 4.74. The summed E-state index contributed by atoms with van der Waals surface area (Å²) in [5, 5.41) is 2.62. The van der Waals surface area contributed by atoms with Gasteiger partial charge in [0.05, 0.1) is 6.61 Å². The summed E-state index contributed by atoms with van der Waals surface area (Å²) in [5.41, 5.74) is 7.22. The van der Waals surface area contributed by atoms with Gasteiger partial charge in [-0.1, -0.05) is 30.4 Å². The topological polar surface area (TPSA) is 64.3 Å². The van der Waals surface area contributed by atoms with Gasteiger partial charge in [0.15, 0.2) is 0 Å². The summed E-state index contributed by atoms with van der Waals surface area (Å²) in [6.45, 7) is 2.51. The van der Waals surface area contributed by atoms with E-state index in [-0.39, 0.29) is 0 Å². The van der Waals surface area contributed by atoms with Crippen molar-refractivity contribution in [1.29, 1.82) is 0 Å². The van der Waals surface area contributed by atoms with E-state index in [2.05, 4.69) is 5.32 Å². The number of carbonyl (C=O) groups excluding carboxylic acids is 1. The highest BCUT2D eigenvalue weighted by Crippen LogP contribution is 2.05. The molecule has 0 atom stereocenters. The molecule has 86 valence electrons. The third kappa shape index (κ3) is 3.86. The van der Waals surface area contributed by atoms with Crippen LogP contribution in [0.25, 0.3) is 0 Å². The van der Waals surface area contributed by atoms with Crippen molar-refractivity contribution in [3.8, 4) is 0 Å². The molecule has 0 radical (unpaired) electrons. The van der Waals surface area contributed by atoms with Gasteiger partial charge in [-0.2, -0.15) is 0 Å². The molecule has 0 bridgehead atoms. The van der Waals surface area contributed by atoms with Gasteiger partial charge in [0.2, 0.25) is 0 Å². The molecule has 0 spiro atoms. The summed E-state index contributed by atoms with van der Waals surface area (Å²) in [6, 6.07) is 7.40. The molecule has 0 aliphatic rings. The molecule has 0 saturated carbocycles. The lowest BCUT2D eigenvalue weighted by molar-refractivity contribution is 0.151. The quantitative estimate of drug-likeness (QED) is 0.781. The Labute approximate surface area is 99.8 Å². The maximum atomic E-state index is 11.1. The zero-order valence-corrected chi connectivity index (χ0v) is 9.84. The molecular weight excluding hydrogens is 224 g/mol. The minimum atomic E-state index is -0.428. The monoisotopic (exact) mass is 238 g/mol. The predicted molar refractivity (Wildman–Crippen MR) is 66.2 cm³/mol. The van der Waals surface area contributed by atoms with E-state index in [4.69, 9.17) is 22.7 Å². The first-order valence-electron chi connectivity index (χ1n) is 4.93. The van der Waals surface area contributed by atoms with Crippen LogP contribution < -0.4 is 11.1 Å². The van der Waals surface area contributed by atoms with Crippen LogP contribution in [-0.4, -0.2) is 17.7 Å². The summed E-state index contributed by atoms with van der Waals surface area (Å²) in [6.07, 6.45) is -0.428. The van der Waals surface area contributed by atoms with Gasteiger partial charge in [-0.15, -0.1) is 0 Å². The minimum Gasteiger partial charge on any atom is -0.450 e. The molecule has 3 N–H and O–H groups in total. The van der Waals surface area contributed by atoms with Crippen molar-refractivity contribution in [3.05, 3.63) is 35.4 Å². The number of hydrogen-bond acceptors (Lipinski definition) is 3. The highest BCUT2D eigenvalue weighted by Gasteiger charge is 2.02. The molecule has 0 aromatic heterocycles. The number of thiocarbonyl (C=S) groups is 1. The summed E-state index contributed by atoms with van der Waals surface area (Å²) in [4.78, 5) is 11.4. The second kappa shape index (κ2) is 6.07. The number of benzene rings is 1. The van der Waals surface area contributed by atoms with Gasteiger partial charge in [0, 0.05) is 12.1 Å². The summed E-state index contributed by atoms with van der Waals surface area (Å²) in [7, 11) is 0. The van der Waals surface area contributed by atoms with E-state index in [0.717, 1.165) is 11.1 Å². The zero-order chi connectivity index (χ0) is 12.0. The van der Waals surface area contributed by atoms with Crippen molar-refractivity contribution < 1.29 is 9.53 Å². The van der Waals surface area contributed by atoms with E-state index < -0.39 is 6.09 Å². The van der Waals surface area contributed by atoms with E-state index >= 15 is 0 Å². The molecule has 5 heteroatoms. The number of nitrogens with one attached hydrogen (secondary N) is 1. The molecule has 0 saturated heterocycles. The van der Waals surface area contributed by atoms with Crippen LogP contribution in [0, 0.1) is 0 Å². The highest BCUT2D eigenvalue weighted by atomic mass is 32.1. The number of alkyl carbamates (subject to hydrolysis) is 1. The molecule has 16 heavy (non-hydrogen) atoms.